The molecule has 2 atom stereocenters. The standard InChI is InChI=1S/C9H23NSi/c1-6-9(4)11(5)10(7-2)8-3/h9,11H,6-8H2,1-5H3. The summed E-state index contributed by atoms with van der Waals surface area (Å²) in [4.78, 5) is 0. The molecule has 0 fully saturated rings. The van der Waals surface area contributed by atoms with E-state index in [1.807, 2.05) is 0 Å². The van der Waals surface area contributed by atoms with Crippen LogP contribution in [-0.2, 0) is 0 Å². The van der Waals surface area contributed by atoms with Gasteiger partial charge < -0.3 is 4.57 Å². The van der Waals surface area contributed by atoms with Crippen LogP contribution in [-0.4, -0.2) is 26.6 Å². The van der Waals surface area contributed by atoms with Gasteiger partial charge in [-0.1, -0.05) is 40.7 Å². The first-order valence-corrected chi connectivity index (χ1v) is 7.25. The van der Waals surface area contributed by atoms with Gasteiger partial charge in [-0.15, -0.1) is 0 Å². The van der Waals surface area contributed by atoms with Crippen molar-refractivity contribution in [2.75, 3.05) is 13.1 Å². The van der Waals surface area contributed by atoms with Crippen molar-refractivity contribution in [3.05, 3.63) is 0 Å². The van der Waals surface area contributed by atoms with E-state index < -0.39 is 8.96 Å². The Hall–Kier alpha value is 0.177. The lowest BCUT2D eigenvalue weighted by atomic mass is 10.4. The molecular weight excluding hydrogens is 150 g/mol. The van der Waals surface area contributed by atoms with Crippen molar-refractivity contribution < 1.29 is 0 Å². The minimum Gasteiger partial charge on any atom is -0.327 e. The van der Waals surface area contributed by atoms with Crippen LogP contribution in [0.5, 0.6) is 0 Å². The first-order chi connectivity index (χ1) is 5.17. The number of hydrogen-bond donors (Lipinski definition) is 0. The van der Waals surface area contributed by atoms with Crippen LogP contribution < -0.4 is 0 Å². The summed E-state index contributed by atoms with van der Waals surface area (Å²) < 4.78 is 2.66. The zero-order valence-electron chi connectivity index (χ0n) is 8.72. The highest BCUT2D eigenvalue weighted by Crippen LogP contribution is 2.16. The molecule has 0 N–H and O–H groups in total. The summed E-state index contributed by atoms with van der Waals surface area (Å²) in [6.07, 6.45) is 1.35. The van der Waals surface area contributed by atoms with E-state index in [4.69, 9.17) is 0 Å². The lowest BCUT2D eigenvalue weighted by molar-refractivity contribution is 0.469. The Balaban J connectivity index is 3.86. The third kappa shape index (κ3) is 3.39. The summed E-state index contributed by atoms with van der Waals surface area (Å²) in [6.45, 7) is 14.2. The largest absolute Gasteiger partial charge is 0.327 e. The molecule has 0 rings (SSSR count). The summed E-state index contributed by atoms with van der Waals surface area (Å²) >= 11 is 0. The highest BCUT2D eigenvalue weighted by atomic mass is 28.3. The van der Waals surface area contributed by atoms with Gasteiger partial charge >= 0.3 is 0 Å². The summed E-state index contributed by atoms with van der Waals surface area (Å²) in [6, 6.07) is 0. The molecule has 0 amide bonds. The zero-order valence-corrected chi connectivity index (χ0v) is 9.88. The molecule has 0 aromatic rings. The normalized spacial score (nSPS) is 16.9. The fourth-order valence-corrected chi connectivity index (χ4v) is 4.05. The second kappa shape index (κ2) is 5.78. The molecular formula is C9H23NSi. The van der Waals surface area contributed by atoms with Gasteiger partial charge in [0.05, 0.1) is 0 Å². The molecule has 11 heavy (non-hydrogen) atoms. The third-order valence-electron chi connectivity index (χ3n) is 2.86. The van der Waals surface area contributed by atoms with E-state index in [2.05, 4.69) is 38.8 Å². The van der Waals surface area contributed by atoms with Gasteiger partial charge in [0, 0.05) is 0 Å². The van der Waals surface area contributed by atoms with E-state index >= 15 is 0 Å². The smallest absolute Gasteiger partial charge is 0.111 e. The highest BCUT2D eigenvalue weighted by Gasteiger charge is 2.17. The van der Waals surface area contributed by atoms with E-state index in [1.54, 1.807) is 0 Å². The average molecular weight is 173 g/mol. The fourth-order valence-electron chi connectivity index (χ4n) is 1.50. The Morgan fingerprint density at radius 2 is 1.64 bits per heavy atom. The van der Waals surface area contributed by atoms with Gasteiger partial charge in [-0.3, -0.25) is 0 Å². The molecule has 2 heteroatoms. The zero-order chi connectivity index (χ0) is 8.85. The minimum atomic E-state index is -0.578. The molecule has 0 aliphatic heterocycles. The van der Waals surface area contributed by atoms with Crippen molar-refractivity contribution in [2.45, 2.75) is 46.2 Å². The van der Waals surface area contributed by atoms with Gasteiger partial charge in [0.2, 0.25) is 0 Å². The summed E-state index contributed by atoms with van der Waals surface area (Å²) in [5.74, 6) is 0. The van der Waals surface area contributed by atoms with Crippen LogP contribution in [0.25, 0.3) is 0 Å². The Morgan fingerprint density at radius 1 is 1.18 bits per heavy atom. The Kier molecular flexibility index (Phi) is 5.87. The molecule has 1 nitrogen and oxygen atoms in total. The molecule has 0 heterocycles. The van der Waals surface area contributed by atoms with Crippen molar-refractivity contribution in [1.29, 1.82) is 0 Å². The second-order valence-corrected chi connectivity index (χ2v) is 6.70. The lowest BCUT2D eigenvalue weighted by Crippen LogP contribution is -2.39. The Morgan fingerprint density at radius 3 is 1.91 bits per heavy atom. The molecule has 0 aromatic carbocycles. The molecule has 0 saturated heterocycles. The van der Waals surface area contributed by atoms with Crippen LogP contribution in [0.2, 0.25) is 12.1 Å². The highest BCUT2D eigenvalue weighted by molar-refractivity contribution is 6.55. The van der Waals surface area contributed by atoms with Crippen LogP contribution in [0.15, 0.2) is 0 Å². The first-order valence-electron chi connectivity index (χ1n) is 4.91. The van der Waals surface area contributed by atoms with Crippen LogP contribution in [0.3, 0.4) is 0 Å². The predicted molar refractivity (Wildman–Crippen MR) is 55.6 cm³/mol. The topological polar surface area (TPSA) is 3.24 Å². The molecule has 68 valence electrons. The van der Waals surface area contributed by atoms with E-state index in [1.165, 1.54) is 19.5 Å². The molecule has 0 aliphatic rings. The molecule has 0 saturated carbocycles. The first kappa shape index (κ1) is 11.2. The quantitative estimate of drug-likeness (QED) is 0.577. The van der Waals surface area contributed by atoms with Crippen LogP contribution in [0.4, 0.5) is 0 Å². The summed E-state index contributed by atoms with van der Waals surface area (Å²) in [5, 5.41) is 0. The molecule has 0 radical (unpaired) electrons. The van der Waals surface area contributed by atoms with Crippen molar-refractivity contribution in [3.63, 3.8) is 0 Å². The maximum atomic E-state index is 2.66. The maximum Gasteiger partial charge on any atom is 0.111 e. The Bertz CT molecular complexity index is 91.6. The SMILES string of the molecule is CCC(C)[SiH](C)N(CC)CC. The molecule has 2 unspecified atom stereocenters. The second-order valence-electron chi connectivity index (χ2n) is 3.35. The van der Waals surface area contributed by atoms with Gasteiger partial charge in [0.25, 0.3) is 0 Å². The molecule has 0 aromatic heterocycles. The minimum absolute atomic E-state index is 0.578. The molecule has 0 bridgehead atoms. The fraction of sp³-hybridized carbons (Fsp3) is 1.00. The van der Waals surface area contributed by atoms with E-state index in [-0.39, 0.29) is 0 Å². The maximum absolute atomic E-state index is 2.66. The monoisotopic (exact) mass is 173 g/mol. The van der Waals surface area contributed by atoms with Crippen LogP contribution in [0.1, 0.15) is 34.1 Å². The summed E-state index contributed by atoms with van der Waals surface area (Å²) in [5.41, 5.74) is 0.967. The van der Waals surface area contributed by atoms with Crippen molar-refractivity contribution in [3.8, 4) is 0 Å². The average Bonchev–Trinajstić information content (AvgIpc) is 2.05. The van der Waals surface area contributed by atoms with Gasteiger partial charge in [-0.05, 0) is 18.6 Å². The number of rotatable bonds is 5. The third-order valence-corrected chi connectivity index (χ3v) is 6.86. The van der Waals surface area contributed by atoms with Crippen molar-refractivity contribution >= 4 is 8.96 Å². The summed E-state index contributed by atoms with van der Waals surface area (Å²) in [7, 11) is -0.578. The Labute approximate surface area is 73.5 Å². The molecule has 0 aliphatic carbocycles. The van der Waals surface area contributed by atoms with E-state index in [9.17, 15) is 0 Å². The van der Waals surface area contributed by atoms with Crippen LogP contribution >= 0.6 is 0 Å². The van der Waals surface area contributed by atoms with E-state index in [0.717, 1.165) is 5.54 Å². The van der Waals surface area contributed by atoms with Gasteiger partial charge in [-0.2, -0.15) is 0 Å². The number of nitrogens with zero attached hydrogens (tertiary/aromatic N) is 1. The predicted octanol–water partition coefficient (Wildman–Crippen LogP) is 2.48. The van der Waals surface area contributed by atoms with Crippen molar-refractivity contribution in [1.82, 2.24) is 4.57 Å². The van der Waals surface area contributed by atoms with Gasteiger partial charge in [-0.25, -0.2) is 0 Å². The number of hydrogen-bond acceptors (Lipinski definition) is 1. The van der Waals surface area contributed by atoms with E-state index in [0.29, 0.717) is 0 Å². The molecule has 0 spiro atoms. The lowest BCUT2D eigenvalue weighted by Gasteiger charge is -2.29. The van der Waals surface area contributed by atoms with Gasteiger partial charge in [0.1, 0.15) is 8.96 Å². The van der Waals surface area contributed by atoms with Crippen LogP contribution in [0, 0.1) is 0 Å². The van der Waals surface area contributed by atoms with Crippen molar-refractivity contribution in [2.24, 2.45) is 0 Å². The van der Waals surface area contributed by atoms with Gasteiger partial charge in [0.15, 0.2) is 0 Å².